The molecule has 0 saturated carbocycles. The Balaban J connectivity index is 1.38. The molecule has 1 N–H and O–H groups in total. The summed E-state index contributed by atoms with van der Waals surface area (Å²) in [6.07, 6.45) is 3.39. The predicted molar refractivity (Wildman–Crippen MR) is 139 cm³/mol. The fourth-order valence-corrected chi connectivity index (χ4v) is 4.94. The van der Waals surface area contributed by atoms with Crippen molar-refractivity contribution < 1.29 is 9.59 Å². The predicted octanol–water partition coefficient (Wildman–Crippen LogP) is 5.55. The Labute approximate surface area is 205 Å². The third-order valence-electron chi connectivity index (χ3n) is 6.96. The lowest BCUT2D eigenvalue weighted by molar-refractivity contribution is 0.0676. The lowest BCUT2D eigenvalue weighted by Gasteiger charge is -2.34. The van der Waals surface area contributed by atoms with Crippen LogP contribution in [-0.4, -0.2) is 40.8 Å². The lowest BCUT2D eigenvalue weighted by Crippen LogP contribution is -2.49. The number of pyridine rings is 1. The molecular formula is C30H29N3O2. The molecule has 176 valence electrons. The number of piperidine rings is 1. The van der Waals surface area contributed by atoms with Crippen molar-refractivity contribution >= 4 is 22.7 Å². The van der Waals surface area contributed by atoms with E-state index in [9.17, 15) is 9.59 Å². The van der Waals surface area contributed by atoms with Crippen LogP contribution in [0.15, 0.2) is 79.0 Å². The number of carbonyl (C=O) groups excluding carboxylic acids is 2. The van der Waals surface area contributed by atoms with Gasteiger partial charge < -0.3 is 10.2 Å². The largest absolute Gasteiger partial charge is 0.347 e. The Hall–Kier alpha value is -3.99. The maximum atomic E-state index is 13.8. The zero-order valence-corrected chi connectivity index (χ0v) is 20.1. The summed E-state index contributed by atoms with van der Waals surface area (Å²) in [6, 6.07) is 23.5. The molecule has 1 saturated heterocycles. The summed E-state index contributed by atoms with van der Waals surface area (Å²) in [7, 11) is 0. The SMILES string of the molecule is Cc1ccc(-c2ccccc2)c(C(=O)N2CCC[C@@H](NC(=O)c3cccc4cccnc34)C2)c1C. The second-order valence-corrected chi connectivity index (χ2v) is 9.24. The molecule has 1 aliphatic rings. The Morgan fingerprint density at radius 3 is 2.57 bits per heavy atom. The van der Waals surface area contributed by atoms with E-state index in [-0.39, 0.29) is 17.9 Å². The number of nitrogens with one attached hydrogen (secondary N) is 1. The summed E-state index contributed by atoms with van der Waals surface area (Å²) < 4.78 is 0. The zero-order valence-electron chi connectivity index (χ0n) is 20.1. The van der Waals surface area contributed by atoms with Crippen LogP contribution in [0.4, 0.5) is 0 Å². The minimum Gasteiger partial charge on any atom is -0.347 e. The molecule has 3 aromatic carbocycles. The summed E-state index contributed by atoms with van der Waals surface area (Å²) in [4.78, 5) is 33.3. The van der Waals surface area contributed by atoms with Gasteiger partial charge in [-0.1, -0.05) is 60.7 Å². The number of aromatic nitrogens is 1. The van der Waals surface area contributed by atoms with E-state index >= 15 is 0 Å². The summed E-state index contributed by atoms with van der Waals surface area (Å²) in [5.41, 5.74) is 6.09. The van der Waals surface area contributed by atoms with E-state index in [0.29, 0.717) is 24.2 Å². The van der Waals surface area contributed by atoms with Gasteiger partial charge >= 0.3 is 0 Å². The van der Waals surface area contributed by atoms with E-state index < -0.39 is 0 Å². The van der Waals surface area contributed by atoms with Crippen molar-refractivity contribution in [1.82, 2.24) is 15.2 Å². The number of para-hydroxylation sites is 1. The van der Waals surface area contributed by atoms with Gasteiger partial charge in [0.15, 0.2) is 0 Å². The first-order chi connectivity index (χ1) is 17.0. The van der Waals surface area contributed by atoms with Gasteiger partial charge in [-0.05, 0) is 61.1 Å². The lowest BCUT2D eigenvalue weighted by atomic mass is 9.91. The molecule has 2 amide bonds. The van der Waals surface area contributed by atoms with Crippen LogP contribution in [0.5, 0.6) is 0 Å². The maximum absolute atomic E-state index is 13.8. The molecule has 1 fully saturated rings. The third-order valence-corrected chi connectivity index (χ3v) is 6.96. The molecule has 2 heterocycles. The van der Waals surface area contributed by atoms with Gasteiger partial charge in [0.1, 0.15) is 0 Å². The van der Waals surface area contributed by atoms with Crippen LogP contribution in [0.1, 0.15) is 44.7 Å². The minimum absolute atomic E-state index is 0.0239. The van der Waals surface area contributed by atoms with Gasteiger partial charge in [0.2, 0.25) is 0 Å². The van der Waals surface area contributed by atoms with Crippen molar-refractivity contribution in [3.63, 3.8) is 0 Å². The van der Waals surface area contributed by atoms with Gasteiger partial charge in [0, 0.05) is 30.7 Å². The highest BCUT2D eigenvalue weighted by Crippen LogP contribution is 2.30. The molecule has 5 heteroatoms. The number of aryl methyl sites for hydroxylation is 1. The summed E-state index contributed by atoms with van der Waals surface area (Å²) >= 11 is 0. The fraction of sp³-hybridized carbons (Fsp3) is 0.233. The highest BCUT2D eigenvalue weighted by Gasteiger charge is 2.29. The highest BCUT2D eigenvalue weighted by molar-refractivity contribution is 6.06. The first kappa shape index (κ1) is 22.8. The number of carbonyl (C=O) groups is 2. The fourth-order valence-electron chi connectivity index (χ4n) is 4.94. The number of hydrogen-bond donors (Lipinski definition) is 1. The van der Waals surface area contributed by atoms with E-state index in [2.05, 4.69) is 16.4 Å². The van der Waals surface area contributed by atoms with E-state index in [1.165, 1.54) is 0 Å². The Morgan fingerprint density at radius 2 is 1.74 bits per heavy atom. The average molecular weight is 464 g/mol. The van der Waals surface area contributed by atoms with Gasteiger partial charge in [-0.25, -0.2) is 0 Å². The van der Waals surface area contributed by atoms with Crippen LogP contribution in [-0.2, 0) is 0 Å². The van der Waals surface area contributed by atoms with Crippen LogP contribution in [0.25, 0.3) is 22.0 Å². The zero-order chi connectivity index (χ0) is 24.4. The molecule has 0 bridgehead atoms. The van der Waals surface area contributed by atoms with Crippen molar-refractivity contribution in [2.24, 2.45) is 0 Å². The summed E-state index contributed by atoms with van der Waals surface area (Å²) in [5.74, 6) is -0.124. The monoisotopic (exact) mass is 463 g/mol. The second kappa shape index (κ2) is 9.71. The molecule has 5 nitrogen and oxygen atoms in total. The van der Waals surface area contributed by atoms with Gasteiger partial charge in [-0.3, -0.25) is 14.6 Å². The number of amides is 2. The molecule has 0 radical (unpaired) electrons. The molecule has 0 aliphatic carbocycles. The number of benzene rings is 3. The highest BCUT2D eigenvalue weighted by atomic mass is 16.2. The summed E-state index contributed by atoms with van der Waals surface area (Å²) in [5, 5.41) is 4.10. The topological polar surface area (TPSA) is 62.3 Å². The number of hydrogen-bond acceptors (Lipinski definition) is 3. The van der Waals surface area contributed by atoms with Crippen molar-refractivity contribution in [2.75, 3.05) is 13.1 Å². The van der Waals surface area contributed by atoms with Crippen molar-refractivity contribution in [1.29, 1.82) is 0 Å². The number of nitrogens with zero attached hydrogens (tertiary/aromatic N) is 2. The van der Waals surface area contributed by atoms with E-state index in [4.69, 9.17) is 0 Å². The molecular weight excluding hydrogens is 434 g/mol. The number of likely N-dealkylation sites (tertiary alicyclic amines) is 1. The van der Waals surface area contributed by atoms with Crippen LogP contribution >= 0.6 is 0 Å². The standard InChI is InChI=1S/C30H29N3O2/c1-20-15-16-25(22-9-4-3-5-10-22)27(21(20)2)30(35)33-18-8-13-24(19-33)32-29(34)26-14-6-11-23-12-7-17-31-28(23)26/h3-7,9-12,14-17,24H,8,13,18-19H2,1-2H3,(H,32,34)/t24-/m1/s1. The normalized spacial score (nSPS) is 15.7. The van der Waals surface area contributed by atoms with E-state index in [0.717, 1.165) is 46.0 Å². The van der Waals surface area contributed by atoms with Crippen molar-refractivity contribution in [3.8, 4) is 11.1 Å². The van der Waals surface area contributed by atoms with E-state index in [1.807, 2.05) is 79.4 Å². The maximum Gasteiger partial charge on any atom is 0.254 e. The molecule has 4 aromatic rings. The first-order valence-corrected chi connectivity index (χ1v) is 12.1. The van der Waals surface area contributed by atoms with Crippen LogP contribution in [0.3, 0.4) is 0 Å². The molecule has 5 rings (SSSR count). The van der Waals surface area contributed by atoms with Gasteiger partial charge in [0.05, 0.1) is 16.6 Å². The minimum atomic E-state index is -0.148. The van der Waals surface area contributed by atoms with Crippen molar-refractivity contribution in [2.45, 2.75) is 32.7 Å². The molecule has 1 aliphatic heterocycles. The second-order valence-electron chi connectivity index (χ2n) is 9.24. The smallest absolute Gasteiger partial charge is 0.254 e. The van der Waals surface area contributed by atoms with Crippen LogP contribution in [0.2, 0.25) is 0 Å². The quantitative estimate of drug-likeness (QED) is 0.431. The molecule has 1 atom stereocenters. The first-order valence-electron chi connectivity index (χ1n) is 12.1. The Morgan fingerprint density at radius 1 is 0.943 bits per heavy atom. The van der Waals surface area contributed by atoms with Gasteiger partial charge in [-0.2, -0.15) is 0 Å². The average Bonchev–Trinajstić information content (AvgIpc) is 2.90. The van der Waals surface area contributed by atoms with E-state index in [1.54, 1.807) is 12.3 Å². The van der Waals surface area contributed by atoms with Crippen LogP contribution in [0, 0.1) is 13.8 Å². The molecule has 1 aromatic heterocycles. The van der Waals surface area contributed by atoms with Gasteiger partial charge in [-0.15, -0.1) is 0 Å². The number of fused-ring (bicyclic) bond motifs is 1. The third kappa shape index (κ3) is 4.54. The Kier molecular flexibility index (Phi) is 6.32. The molecule has 35 heavy (non-hydrogen) atoms. The summed E-state index contributed by atoms with van der Waals surface area (Å²) in [6.45, 7) is 5.23. The van der Waals surface area contributed by atoms with Gasteiger partial charge in [0.25, 0.3) is 11.8 Å². The Bertz CT molecular complexity index is 1390. The van der Waals surface area contributed by atoms with Crippen molar-refractivity contribution in [3.05, 3.63) is 101 Å². The van der Waals surface area contributed by atoms with Crippen LogP contribution < -0.4 is 5.32 Å². The molecule has 0 unspecified atom stereocenters. The molecule has 0 spiro atoms. The number of rotatable bonds is 4.